The Balaban J connectivity index is 1.81. The molecule has 0 aliphatic carbocycles. The summed E-state index contributed by atoms with van der Waals surface area (Å²) in [5, 5.41) is 12.6. The van der Waals surface area contributed by atoms with Crippen LogP contribution >= 0.6 is 0 Å². The number of carboxylic acid groups (broad SMARTS) is 1. The minimum atomic E-state index is -1.14. The van der Waals surface area contributed by atoms with Crippen LogP contribution in [0.2, 0.25) is 0 Å². The van der Waals surface area contributed by atoms with Gasteiger partial charge in [-0.05, 0) is 30.2 Å². The molecule has 3 rings (SSSR count). The van der Waals surface area contributed by atoms with Crippen molar-refractivity contribution in [2.45, 2.75) is 25.8 Å². The highest BCUT2D eigenvalue weighted by Gasteiger charge is 2.22. The minimum Gasteiger partial charge on any atom is -0.497 e. The molecule has 3 aromatic rings. The Labute approximate surface area is 166 Å². The predicted octanol–water partition coefficient (Wildman–Crippen LogP) is 2.46. The second kappa shape index (κ2) is 8.60. The number of benzene rings is 2. The molecule has 0 aliphatic heterocycles. The third-order valence-corrected chi connectivity index (χ3v) is 4.75. The highest BCUT2D eigenvalue weighted by atomic mass is 16.5. The number of amides is 1. The molecule has 1 atom stereocenters. The number of rotatable bonds is 7. The van der Waals surface area contributed by atoms with Crippen molar-refractivity contribution in [1.29, 1.82) is 0 Å². The van der Waals surface area contributed by atoms with E-state index in [-0.39, 0.29) is 18.4 Å². The molecular weight excluding hydrogens is 374 g/mol. The number of carbonyl (C=O) groups is 2. The van der Waals surface area contributed by atoms with Gasteiger partial charge in [0.2, 0.25) is 5.91 Å². The highest BCUT2D eigenvalue weighted by molar-refractivity contribution is 5.87. The lowest BCUT2D eigenvalue weighted by atomic mass is 10.0. The first-order chi connectivity index (χ1) is 13.9. The molecule has 150 valence electrons. The van der Waals surface area contributed by atoms with Crippen molar-refractivity contribution in [2.24, 2.45) is 0 Å². The van der Waals surface area contributed by atoms with E-state index < -0.39 is 23.5 Å². The van der Waals surface area contributed by atoms with E-state index >= 15 is 0 Å². The fraction of sp³-hybridized carbons (Fsp3) is 0.227. The first-order valence-corrected chi connectivity index (χ1v) is 9.05. The summed E-state index contributed by atoms with van der Waals surface area (Å²) in [6, 6.07) is 13.0. The number of carbonyl (C=O) groups excluding carboxylic acids is 1. The molecule has 0 unspecified atom stereocenters. The van der Waals surface area contributed by atoms with Crippen molar-refractivity contribution in [2.75, 3.05) is 7.11 Å². The zero-order valence-electron chi connectivity index (χ0n) is 16.1. The minimum absolute atomic E-state index is 0.146. The lowest BCUT2D eigenvalue weighted by Crippen LogP contribution is -2.43. The third-order valence-electron chi connectivity index (χ3n) is 4.75. The van der Waals surface area contributed by atoms with Gasteiger partial charge < -0.3 is 19.6 Å². The fourth-order valence-corrected chi connectivity index (χ4v) is 3.16. The average Bonchev–Trinajstić information content (AvgIpc) is 2.70. The van der Waals surface area contributed by atoms with Gasteiger partial charge in [0.25, 0.3) is 0 Å². The molecule has 7 heteroatoms. The lowest BCUT2D eigenvalue weighted by molar-refractivity contribution is -0.141. The van der Waals surface area contributed by atoms with Crippen LogP contribution in [0.5, 0.6) is 5.75 Å². The number of aliphatic carboxylic acids is 1. The number of aryl methyl sites for hydroxylation is 1. The first-order valence-electron chi connectivity index (χ1n) is 9.05. The topological polar surface area (TPSA) is 106 Å². The molecule has 0 aliphatic rings. The second-order valence-electron chi connectivity index (χ2n) is 6.68. The molecule has 7 nitrogen and oxygen atoms in total. The predicted molar refractivity (Wildman–Crippen MR) is 107 cm³/mol. The number of carboxylic acids is 1. The van der Waals surface area contributed by atoms with Gasteiger partial charge in [-0.15, -0.1) is 0 Å². The molecule has 0 spiro atoms. The van der Waals surface area contributed by atoms with Gasteiger partial charge in [0, 0.05) is 17.9 Å². The molecule has 0 saturated carbocycles. The summed E-state index contributed by atoms with van der Waals surface area (Å²) >= 11 is 0. The van der Waals surface area contributed by atoms with E-state index in [0.717, 1.165) is 5.56 Å². The fourth-order valence-electron chi connectivity index (χ4n) is 3.16. The number of ether oxygens (including phenoxy) is 1. The molecule has 29 heavy (non-hydrogen) atoms. The summed E-state index contributed by atoms with van der Waals surface area (Å²) in [6.45, 7) is 1.73. The number of hydrogen-bond acceptors (Lipinski definition) is 5. The van der Waals surface area contributed by atoms with E-state index in [2.05, 4.69) is 5.32 Å². The summed E-state index contributed by atoms with van der Waals surface area (Å²) in [7, 11) is 1.51. The van der Waals surface area contributed by atoms with E-state index in [0.29, 0.717) is 22.3 Å². The van der Waals surface area contributed by atoms with Gasteiger partial charge in [-0.3, -0.25) is 4.79 Å². The Morgan fingerprint density at radius 1 is 1.17 bits per heavy atom. The Hall–Kier alpha value is -3.61. The Morgan fingerprint density at radius 2 is 1.90 bits per heavy atom. The van der Waals surface area contributed by atoms with Gasteiger partial charge >= 0.3 is 11.6 Å². The number of nitrogens with one attached hydrogen (secondary N) is 1. The third kappa shape index (κ3) is 4.63. The average molecular weight is 395 g/mol. The number of hydrogen-bond donors (Lipinski definition) is 2. The summed E-state index contributed by atoms with van der Waals surface area (Å²) in [5.74, 6) is -1.15. The van der Waals surface area contributed by atoms with Gasteiger partial charge in [0.05, 0.1) is 19.1 Å². The first kappa shape index (κ1) is 20.1. The summed E-state index contributed by atoms with van der Waals surface area (Å²) < 4.78 is 10.5. The smallest absolute Gasteiger partial charge is 0.340 e. The summed E-state index contributed by atoms with van der Waals surface area (Å²) in [6.07, 6.45) is -0.123. The van der Waals surface area contributed by atoms with Crippen LogP contribution in [0.15, 0.2) is 57.7 Å². The molecule has 0 saturated heterocycles. The molecule has 1 aromatic heterocycles. The summed E-state index contributed by atoms with van der Waals surface area (Å²) in [4.78, 5) is 36.4. The Morgan fingerprint density at radius 3 is 2.55 bits per heavy atom. The maximum absolute atomic E-state index is 12.5. The molecule has 0 radical (unpaired) electrons. The number of methoxy groups -OCH3 is 1. The van der Waals surface area contributed by atoms with E-state index in [1.807, 2.05) is 6.07 Å². The highest BCUT2D eigenvalue weighted by Crippen LogP contribution is 2.24. The zero-order chi connectivity index (χ0) is 21.0. The Kier molecular flexibility index (Phi) is 5.97. The van der Waals surface area contributed by atoms with E-state index in [4.69, 9.17) is 9.15 Å². The molecule has 1 heterocycles. The van der Waals surface area contributed by atoms with Gasteiger partial charge in [-0.25, -0.2) is 9.59 Å². The van der Waals surface area contributed by atoms with Crippen LogP contribution in [0.25, 0.3) is 11.0 Å². The molecular formula is C22H21NO6. The van der Waals surface area contributed by atoms with Crippen LogP contribution in [0.1, 0.15) is 16.7 Å². The maximum atomic E-state index is 12.5. The van der Waals surface area contributed by atoms with Crippen LogP contribution in [0, 0.1) is 6.92 Å². The standard InChI is InChI=1S/C22H21NO6/c1-13-16-9-8-15(28-2)11-19(16)29-22(27)17(13)12-20(24)23-18(21(25)26)10-14-6-4-3-5-7-14/h3-9,11,18H,10,12H2,1-2H3,(H,23,24)(H,25,26)/t18-/m0/s1. The van der Waals surface area contributed by atoms with E-state index in [9.17, 15) is 19.5 Å². The van der Waals surface area contributed by atoms with E-state index in [1.54, 1.807) is 49.4 Å². The molecule has 2 N–H and O–H groups in total. The lowest BCUT2D eigenvalue weighted by Gasteiger charge is -2.15. The second-order valence-corrected chi connectivity index (χ2v) is 6.68. The Bertz CT molecular complexity index is 1100. The van der Waals surface area contributed by atoms with Crippen molar-refractivity contribution in [3.63, 3.8) is 0 Å². The van der Waals surface area contributed by atoms with Gasteiger partial charge in [0.1, 0.15) is 17.4 Å². The monoisotopic (exact) mass is 395 g/mol. The van der Waals surface area contributed by atoms with Crippen molar-refractivity contribution < 1.29 is 23.8 Å². The normalized spacial score (nSPS) is 11.8. The van der Waals surface area contributed by atoms with Gasteiger partial charge in [-0.2, -0.15) is 0 Å². The zero-order valence-corrected chi connectivity index (χ0v) is 16.1. The largest absolute Gasteiger partial charge is 0.497 e. The van der Waals surface area contributed by atoms with Gasteiger partial charge in [-0.1, -0.05) is 30.3 Å². The molecule has 0 bridgehead atoms. The van der Waals surface area contributed by atoms with Crippen molar-refractivity contribution in [3.05, 3.63) is 75.6 Å². The quantitative estimate of drug-likeness (QED) is 0.596. The van der Waals surface area contributed by atoms with Crippen LogP contribution in [-0.2, 0) is 22.4 Å². The van der Waals surface area contributed by atoms with E-state index in [1.165, 1.54) is 7.11 Å². The maximum Gasteiger partial charge on any atom is 0.340 e. The van der Waals surface area contributed by atoms with Gasteiger partial charge in [0.15, 0.2) is 0 Å². The van der Waals surface area contributed by atoms with Crippen molar-refractivity contribution in [3.8, 4) is 5.75 Å². The van der Waals surface area contributed by atoms with Crippen LogP contribution in [0.3, 0.4) is 0 Å². The molecule has 0 fully saturated rings. The van der Waals surface area contributed by atoms with Crippen LogP contribution in [-0.4, -0.2) is 30.1 Å². The van der Waals surface area contributed by atoms with Crippen molar-refractivity contribution >= 4 is 22.8 Å². The number of fused-ring (bicyclic) bond motifs is 1. The summed E-state index contributed by atoms with van der Waals surface area (Å²) in [5.41, 5.74) is 1.33. The molecule has 2 aromatic carbocycles. The van der Waals surface area contributed by atoms with Crippen LogP contribution < -0.4 is 15.7 Å². The van der Waals surface area contributed by atoms with Crippen LogP contribution in [0.4, 0.5) is 0 Å². The molecule has 1 amide bonds. The van der Waals surface area contributed by atoms with Crippen molar-refractivity contribution in [1.82, 2.24) is 5.32 Å². The SMILES string of the molecule is COc1ccc2c(C)c(CC(=O)N[C@@H](Cc3ccccc3)C(=O)O)c(=O)oc2c1.